The van der Waals surface area contributed by atoms with E-state index in [1.54, 1.807) is 6.92 Å². The molecule has 3 atom stereocenters. The number of benzene rings is 1. The van der Waals surface area contributed by atoms with Crippen LogP contribution in [0.4, 0.5) is 4.79 Å². The van der Waals surface area contributed by atoms with Gasteiger partial charge in [0.25, 0.3) is 0 Å². The number of hydrogen-bond donors (Lipinski definition) is 3. The van der Waals surface area contributed by atoms with Gasteiger partial charge in [-0.3, -0.25) is 0 Å². The van der Waals surface area contributed by atoms with E-state index in [4.69, 9.17) is 4.74 Å². The van der Waals surface area contributed by atoms with Crippen molar-refractivity contribution in [2.75, 3.05) is 26.2 Å². The third kappa shape index (κ3) is 4.99. The van der Waals surface area contributed by atoms with Gasteiger partial charge in [-0.2, -0.15) is 0 Å². The maximum absolute atomic E-state index is 13.0. The number of hydrogen-bond acceptors (Lipinski definition) is 3. The van der Waals surface area contributed by atoms with Gasteiger partial charge in [-0.15, -0.1) is 0 Å². The maximum atomic E-state index is 13.0. The highest BCUT2D eigenvalue weighted by Crippen LogP contribution is 2.30. The van der Waals surface area contributed by atoms with Gasteiger partial charge in [0.15, 0.2) is 0 Å². The van der Waals surface area contributed by atoms with Crippen LogP contribution in [0, 0.1) is 25.7 Å². The van der Waals surface area contributed by atoms with E-state index < -0.39 is 6.04 Å². The van der Waals surface area contributed by atoms with Crippen molar-refractivity contribution < 1.29 is 19.2 Å². The molecule has 2 aliphatic heterocycles. The lowest BCUT2D eigenvalue weighted by atomic mass is 9.89. The Bertz CT molecular complexity index is 808. The number of nitrogens with one attached hydrogen (secondary N) is 3. The molecule has 2 heterocycles. The molecule has 0 aliphatic carbocycles. The highest BCUT2D eigenvalue weighted by atomic mass is 16.5. The summed E-state index contributed by atoms with van der Waals surface area (Å²) in [6.45, 7) is 13.4. The van der Waals surface area contributed by atoms with Gasteiger partial charge in [0.2, 0.25) is 0 Å². The van der Waals surface area contributed by atoms with Crippen molar-refractivity contribution in [3.63, 3.8) is 0 Å². The molecule has 0 unspecified atom stereocenters. The highest BCUT2D eigenvalue weighted by Gasteiger charge is 2.37. The fraction of sp³-hybridized carbons (Fsp3) is 0.565. The number of carbonyl (C=O) groups excluding carboxylic acids is 2. The molecule has 0 aromatic heterocycles. The summed E-state index contributed by atoms with van der Waals surface area (Å²) in [6, 6.07) is 5.34. The number of likely N-dealkylation sites (tertiary alicyclic amines) is 1. The molecule has 2 aliphatic rings. The topological polar surface area (TPSA) is 71.9 Å². The van der Waals surface area contributed by atoms with Crippen molar-refractivity contribution >= 4 is 12.0 Å². The molecule has 3 N–H and O–H groups in total. The predicted molar refractivity (Wildman–Crippen MR) is 112 cm³/mol. The van der Waals surface area contributed by atoms with Gasteiger partial charge >= 0.3 is 12.0 Å². The number of aryl methyl sites for hydroxylation is 2. The summed E-state index contributed by atoms with van der Waals surface area (Å²) in [5.74, 6) is 0.902. The summed E-state index contributed by atoms with van der Waals surface area (Å²) in [7, 11) is 0. The van der Waals surface area contributed by atoms with E-state index in [1.807, 2.05) is 32.0 Å². The first-order valence-electron chi connectivity index (χ1n) is 10.7. The zero-order chi connectivity index (χ0) is 21.1. The largest absolute Gasteiger partial charge is 0.463 e. The summed E-state index contributed by atoms with van der Waals surface area (Å²) < 4.78 is 5.40. The van der Waals surface area contributed by atoms with Crippen molar-refractivity contribution in [3.05, 3.63) is 46.2 Å². The molecule has 6 nitrogen and oxygen atoms in total. The van der Waals surface area contributed by atoms with Gasteiger partial charge in [0.05, 0.1) is 37.0 Å². The average molecular weight is 401 g/mol. The Morgan fingerprint density at radius 2 is 1.90 bits per heavy atom. The highest BCUT2D eigenvalue weighted by molar-refractivity contribution is 5.95. The van der Waals surface area contributed by atoms with Crippen LogP contribution >= 0.6 is 0 Å². The van der Waals surface area contributed by atoms with Crippen LogP contribution in [0.1, 0.15) is 49.9 Å². The minimum atomic E-state index is -0.503. The number of carbonyl (C=O) groups is 2. The fourth-order valence-corrected chi connectivity index (χ4v) is 4.83. The number of quaternary nitrogens is 1. The van der Waals surface area contributed by atoms with Crippen molar-refractivity contribution in [1.82, 2.24) is 10.6 Å². The molecule has 1 saturated heterocycles. The molecule has 1 aromatic rings. The first-order valence-corrected chi connectivity index (χ1v) is 10.7. The van der Waals surface area contributed by atoms with Crippen LogP contribution in [0.2, 0.25) is 0 Å². The summed E-state index contributed by atoms with van der Waals surface area (Å²) in [5.41, 5.74) is 4.28. The van der Waals surface area contributed by atoms with E-state index in [0.717, 1.165) is 29.8 Å². The van der Waals surface area contributed by atoms with Crippen molar-refractivity contribution in [3.8, 4) is 0 Å². The quantitative estimate of drug-likeness (QED) is 0.663. The van der Waals surface area contributed by atoms with Gasteiger partial charge in [-0.05, 0) is 38.3 Å². The van der Waals surface area contributed by atoms with Gasteiger partial charge in [-0.25, -0.2) is 9.59 Å². The van der Waals surface area contributed by atoms with E-state index in [0.29, 0.717) is 36.3 Å². The first kappa shape index (κ1) is 21.4. The van der Waals surface area contributed by atoms with E-state index in [9.17, 15) is 9.59 Å². The molecular formula is C23H34N3O3+. The molecule has 0 bridgehead atoms. The van der Waals surface area contributed by atoms with Crippen LogP contribution in [0.3, 0.4) is 0 Å². The molecule has 1 aromatic carbocycles. The Balaban J connectivity index is 2.02. The van der Waals surface area contributed by atoms with Crippen LogP contribution in [0.25, 0.3) is 0 Å². The molecular weight excluding hydrogens is 366 g/mol. The second-order valence-corrected chi connectivity index (χ2v) is 8.79. The number of ether oxygens (including phenoxy) is 1. The number of esters is 1. The Morgan fingerprint density at radius 3 is 2.55 bits per heavy atom. The van der Waals surface area contributed by atoms with E-state index >= 15 is 0 Å². The lowest BCUT2D eigenvalue weighted by Gasteiger charge is -2.35. The fourth-order valence-electron chi connectivity index (χ4n) is 4.83. The van der Waals surface area contributed by atoms with E-state index in [2.05, 4.69) is 24.5 Å². The Kier molecular flexibility index (Phi) is 6.63. The van der Waals surface area contributed by atoms with Gasteiger partial charge in [0.1, 0.15) is 6.54 Å². The molecule has 6 heteroatoms. The minimum absolute atomic E-state index is 0.267. The van der Waals surface area contributed by atoms with Crippen LogP contribution in [0.5, 0.6) is 0 Å². The lowest BCUT2D eigenvalue weighted by Crippen LogP contribution is -3.14. The standard InChI is InChI=1S/C23H33N3O3/c1-6-29-22(27)20-19(13-26-11-15(3)9-16(4)12-26)24-23(28)25-21(20)18-10-14(2)7-8-17(18)5/h7-8,10,15-16,21H,6,9,11-13H2,1-5H3,(H2,24,25,28)/p+1/t15-,16-,21-/m0/s1. The third-order valence-corrected chi connectivity index (χ3v) is 5.90. The van der Waals surface area contributed by atoms with Crippen LogP contribution in [-0.2, 0) is 9.53 Å². The van der Waals surface area contributed by atoms with Gasteiger partial charge in [0, 0.05) is 11.8 Å². The van der Waals surface area contributed by atoms with Gasteiger partial charge in [-0.1, -0.05) is 37.6 Å². The molecule has 0 spiro atoms. The zero-order valence-corrected chi connectivity index (χ0v) is 18.2. The zero-order valence-electron chi connectivity index (χ0n) is 18.2. The van der Waals surface area contributed by atoms with Crippen molar-refractivity contribution in [1.29, 1.82) is 0 Å². The van der Waals surface area contributed by atoms with Crippen LogP contribution in [-0.4, -0.2) is 38.2 Å². The summed E-state index contributed by atoms with van der Waals surface area (Å²) >= 11 is 0. The lowest BCUT2D eigenvalue weighted by molar-refractivity contribution is -0.907. The second-order valence-electron chi connectivity index (χ2n) is 8.79. The third-order valence-electron chi connectivity index (χ3n) is 5.90. The molecule has 3 rings (SSSR count). The molecule has 29 heavy (non-hydrogen) atoms. The second kappa shape index (κ2) is 8.99. The van der Waals surface area contributed by atoms with Gasteiger partial charge < -0.3 is 20.3 Å². The predicted octanol–water partition coefficient (Wildman–Crippen LogP) is 2.04. The number of piperidine rings is 1. The van der Waals surface area contributed by atoms with E-state index in [1.165, 1.54) is 11.3 Å². The molecule has 158 valence electrons. The normalized spacial score (nSPS) is 27.3. The van der Waals surface area contributed by atoms with Crippen molar-refractivity contribution in [2.45, 2.75) is 47.1 Å². The SMILES string of the molecule is CCOC(=O)C1=C(C[NH+]2C[C@@H](C)C[C@H](C)C2)NC(=O)N[C@H]1c1cc(C)ccc1C. The number of rotatable bonds is 5. The Hall–Kier alpha value is -2.34. The van der Waals surface area contributed by atoms with E-state index in [-0.39, 0.29) is 12.0 Å². The molecule has 2 amide bonds. The number of amides is 2. The molecule has 1 fully saturated rings. The average Bonchev–Trinajstić information content (AvgIpc) is 2.62. The minimum Gasteiger partial charge on any atom is -0.463 e. The monoisotopic (exact) mass is 400 g/mol. The Labute approximate surface area is 173 Å². The maximum Gasteiger partial charge on any atom is 0.338 e. The van der Waals surface area contributed by atoms with Crippen molar-refractivity contribution in [2.24, 2.45) is 11.8 Å². The molecule has 0 saturated carbocycles. The first-order chi connectivity index (χ1) is 13.8. The Morgan fingerprint density at radius 1 is 1.21 bits per heavy atom. The van der Waals surface area contributed by atoms with Crippen LogP contribution in [0.15, 0.2) is 29.5 Å². The molecule has 0 radical (unpaired) electrons. The summed E-state index contributed by atoms with van der Waals surface area (Å²) in [5, 5.41) is 5.88. The van der Waals surface area contributed by atoms with Crippen LogP contribution < -0.4 is 15.5 Å². The summed E-state index contributed by atoms with van der Waals surface area (Å²) in [6.07, 6.45) is 1.23. The number of urea groups is 1. The smallest absolute Gasteiger partial charge is 0.338 e. The summed E-state index contributed by atoms with van der Waals surface area (Å²) in [4.78, 5) is 26.9.